The Balaban J connectivity index is 1.48. The van der Waals surface area contributed by atoms with Crippen LogP contribution in [0.2, 0.25) is 0 Å². The molecule has 6 heteroatoms. The van der Waals surface area contributed by atoms with Gasteiger partial charge >= 0.3 is 6.01 Å². The van der Waals surface area contributed by atoms with Crippen molar-refractivity contribution in [1.29, 1.82) is 0 Å². The van der Waals surface area contributed by atoms with E-state index in [0.29, 0.717) is 18.9 Å². The number of aromatic nitrogens is 2. The van der Waals surface area contributed by atoms with E-state index in [9.17, 15) is 9.18 Å². The molecule has 1 aromatic heterocycles. The van der Waals surface area contributed by atoms with Gasteiger partial charge in [0.05, 0.1) is 18.9 Å². The number of amides is 1. The Morgan fingerprint density at radius 1 is 1.29 bits per heavy atom. The molecule has 5 nitrogen and oxygen atoms in total. The zero-order valence-electron chi connectivity index (χ0n) is 12.0. The van der Waals surface area contributed by atoms with E-state index < -0.39 is 5.82 Å². The maximum Gasteiger partial charge on any atom is 0.316 e. The lowest BCUT2D eigenvalue weighted by atomic mass is 10.0. The van der Waals surface area contributed by atoms with Crippen molar-refractivity contribution in [2.45, 2.75) is 44.6 Å². The lowest BCUT2D eigenvalue weighted by Gasteiger charge is -2.18. The van der Waals surface area contributed by atoms with Crippen molar-refractivity contribution < 1.29 is 13.9 Å². The van der Waals surface area contributed by atoms with Gasteiger partial charge in [0, 0.05) is 19.4 Å². The fraction of sp³-hybridized carbons (Fsp3) is 0.667. The first-order valence-electron chi connectivity index (χ1n) is 7.62. The molecule has 114 valence electrons. The zero-order valence-corrected chi connectivity index (χ0v) is 12.0. The molecule has 2 fully saturated rings. The van der Waals surface area contributed by atoms with Crippen molar-refractivity contribution in [1.82, 2.24) is 14.9 Å². The van der Waals surface area contributed by atoms with Crippen LogP contribution in [0.5, 0.6) is 6.01 Å². The Kier molecular flexibility index (Phi) is 4.31. The molecule has 2 heterocycles. The second-order valence-electron chi connectivity index (χ2n) is 5.91. The van der Waals surface area contributed by atoms with E-state index in [-0.39, 0.29) is 18.0 Å². The van der Waals surface area contributed by atoms with Crippen LogP contribution in [0.15, 0.2) is 12.4 Å². The van der Waals surface area contributed by atoms with E-state index in [0.717, 1.165) is 25.4 Å². The van der Waals surface area contributed by atoms with Gasteiger partial charge in [0.15, 0.2) is 5.82 Å². The summed E-state index contributed by atoms with van der Waals surface area (Å²) >= 11 is 0. The van der Waals surface area contributed by atoms with Crippen LogP contribution in [0.25, 0.3) is 0 Å². The molecule has 2 aliphatic rings. The fourth-order valence-electron chi connectivity index (χ4n) is 3.15. The highest BCUT2D eigenvalue weighted by Gasteiger charge is 2.30. The Morgan fingerprint density at radius 2 is 2.00 bits per heavy atom. The zero-order chi connectivity index (χ0) is 14.7. The van der Waals surface area contributed by atoms with Gasteiger partial charge in [-0.1, -0.05) is 12.8 Å². The average Bonchev–Trinajstić information content (AvgIpc) is 3.13. The second-order valence-corrected chi connectivity index (χ2v) is 5.91. The molecule has 0 radical (unpaired) electrons. The quantitative estimate of drug-likeness (QED) is 0.854. The lowest BCUT2D eigenvalue weighted by molar-refractivity contribution is -0.131. The number of carbonyl (C=O) groups excluding carboxylic acids is 1. The third-order valence-corrected chi connectivity index (χ3v) is 4.30. The Labute approximate surface area is 123 Å². The third-order valence-electron chi connectivity index (χ3n) is 4.30. The highest BCUT2D eigenvalue weighted by molar-refractivity contribution is 5.76. The minimum Gasteiger partial charge on any atom is -0.458 e. The lowest BCUT2D eigenvalue weighted by Crippen LogP contribution is -2.32. The molecule has 0 N–H and O–H groups in total. The Bertz CT molecular complexity index is 488. The van der Waals surface area contributed by atoms with Crippen LogP contribution in [-0.2, 0) is 4.79 Å². The van der Waals surface area contributed by atoms with Crippen molar-refractivity contribution in [2.75, 3.05) is 13.1 Å². The van der Waals surface area contributed by atoms with Crippen LogP contribution in [-0.4, -0.2) is 40.0 Å². The molecule has 1 aliphatic carbocycles. The number of nitrogens with zero attached hydrogens (tertiary/aromatic N) is 3. The van der Waals surface area contributed by atoms with Crippen LogP contribution in [0.1, 0.15) is 38.5 Å². The molecule has 0 aromatic carbocycles. The fourth-order valence-corrected chi connectivity index (χ4v) is 3.15. The van der Waals surface area contributed by atoms with E-state index in [1.54, 1.807) is 0 Å². The summed E-state index contributed by atoms with van der Waals surface area (Å²) in [4.78, 5) is 21.7. The summed E-state index contributed by atoms with van der Waals surface area (Å²) in [6, 6.07) is 0.173. The minimum atomic E-state index is -0.484. The molecule has 1 atom stereocenters. The average molecular weight is 293 g/mol. The smallest absolute Gasteiger partial charge is 0.316 e. The number of halogens is 1. The molecule has 0 bridgehead atoms. The Hall–Kier alpha value is -1.72. The van der Waals surface area contributed by atoms with Crippen molar-refractivity contribution in [3.05, 3.63) is 18.2 Å². The first-order chi connectivity index (χ1) is 10.2. The first-order valence-corrected chi connectivity index (χ1v) is 7.62. The van der Waals surface area contributed by atoms with Crippen LogP contribution in [0.4, 0.5) is 4.39 Å². The van der Waals surface area contributed by atoms with Gasteiger partial charge in [-0.25, -0.2) is 14.4 Å². The van der Waals surface area contributed by atoms with Crippen LogP contribution < -0.4 is 4.74 Å². The molecule has 1 aromatic rings. The van der Waals surface area contributed by atoms with Gasteiger partial charge in [0.1, 0.15) is 6.10 Å². The molecular formula is C15H20FN3O2. The van der Waals surface area contributed by atoms with Gasteiger partial charge < -0.3 is 9.64 Å². The first kappa shape index (κ1) is 14.2. The van der Waals surface area contributed by atoms with Crippen LogP contribution in [0.3, 0.4) is 0 Å². The second kappa shape index (κ2) is 6.37. The summed E-state index contributed by atoms with van der Waals surface area (Å²) in [5.41, 5.74) is 0. The number of rotatable bonds is 4. The predicted molar refractivity (Wildman–Crippen MR) is 74.2 cm³/mol. The van der Waals surface area contributed by atoms with Crippen molar-refractivity contribution in [2.24, 2.45) is 5.92 Å². The number of hydrogen-bond acceptors (Lipinski definition) is 4. The van der Waals surface area contributed by atoms with Crippen molar-refractivity contribution in [3.63, 3.8) is 0 Å². The molecule has 0 unspecified atom stereocenters. The number of likely N-dealkylation sites (tertiary alicyclic amines) is 1. The normalized spacial score (nSPS) is 22.7. The molecule has 1 amide bonds. The highest BCUT2D eigenvalue weighted by atomic mass is 19.1. The van der Waals surface area contributed by atoms with Crippen LogP contribution in [0, 0.1) is 11.7 Å². The SMILES string of the molecule is O=C(CC1CCCC1)N1CC[C@@H](Oc2ncc(F)cn2)C1. The number of carbonyl (C=O) groups is 1. The van der Waals surface area contributed by atoms with Gasteiger partial charge in [-0.05, 0) is 18.8 Å². The maximum absolute atomic E-state index is 12.7. The molecule has 3 rings (SSSR count). The summed E-state index contributed by atoms with van der Waals surface area (Å²) in [6.45, 7) is 1.30. The molecule has 21 heavy (non-hydrogen) atoms. The standard InChI is InChI=1S/C15H20FN3O2/c16-12-8-17-15(18-9-12)21-13-5-6-19(10-13)14(20)7-11-3-1-2-4-11/h8-9,11,13H,1-7,10H2/t13-/m1/s1. The maximum atomic E-state index is 12.7. The topological polar surface area (TPSA) is 55.3 Å². The molecule has 1 saturated heterocycles. The van der Waals surface area contributed by atoms with Gasteiger partial charge in [0.2, 0.25) is 5.91 Å². The van der Waals surface area contributed by atoms with Crippen molar-refractivity contribution >= 4 is 5.91 Å². The summed E-state index contributed by atoms with van der Waals surface area (Å²) in [6.07, 6.45) is 8.39. The van der Waals surface area contributed by atoms with Crippen LogP contribution >= 0.6 is 0 Å². The molecule has 1 aliphatic heterocycles. The Morgan fingerprint density at radius 3 is 2.71 bits per heavy atom. The molecule has 1 saturated carbocycles. The molecular weight excluding hydrogens is 273 g/mol. The highest BCUT2D eigenvalue weighted by Crippen LogP contribution is 2.28. The molecule has 0 spiro atoms. The predicted octanol–water partition coefficient (Wildman–Crippen LogP) is 2.18. The van der Waals surface area contributed by atoms with E-state index in [1.807, 2.05) is 4.90 Å². The summed E-state index contributed by atoms with van der Waals surface area (Å²) in [7, 11) is 0. The van der Waals surface area contributed by atoms with E-state index in [2.05, 4.69) is 9.97 Å². The number of hydrogen-bond donors (Lipinski definition) is 0. The monoisotopic (exact) mass is 293 g/mol. The summed E-state index contributed by atoms with van der Waals surface area (Å²) in [5, 5.41) is 0. The largest absolute Gasteiger partial charge is 0.458 e. The van der Waals surface area contributed by atoms with E-state index >= 15 is 0 Å². The van der Waals surface area contributed by atoms with Crippen molar-refractivity contribution in [3.8, 4) is 6.01 Å². The summed E-state index contributed by atoms with van der Waals surface area (Å²) < 4.78 is 18.3. The van der Waals surface area contributed by atoms with E-state index in [1.165, 1.54) is 25.7 Å². The number of ether oxygens (including phenoxy) is 1. The third kappa shape index (κ3) is 3.68. The van der Waals surface area contributed by atoms with Gasteiger partial charge in [0.25, 0.3) is 0 Å². The van der Waals surface area contributed by atoms with Gasteiger partial charge in [-0.3, -0.25) is 4.79 Å². The van der Waals surface area contributed by atoms with Gasteiger partial charge in [-0.2, -0.15) is 0 Å². The minimum absolute atomic E-state index is 0.0945. The van der Waals surface area contributed by atoms with E-state index in [4.69, 9.17) is 4.74 Å². The van der Waals surface area contributed by atoms with Gasteiger partial charge in [-0.15, -0.1) is 0 Å². The summed E-state index contributed by atoms with van der Waals surface area (Å²) in [5.74, 6) is 0.313.